The number of anilines is 2. The quantitative estimate of drug-likeness (QED) is 0.118. The molecule has 0 saturated heterocycles. The largest absolute Gasteiger partial charge is 0.341 e. The normalized spacial score (nSPS) is 12.8. The Bertz CT molecular complexity index is 2090. The Kier molecular flexibility index (Phi) is 12.0. The average Bonchev–Trinajstić information content (AvgIpc) is 3.07. The minimum Gasteiger partial charge on any atom is -0.341 e. The van der Waals surface area contributed by atoms with Gasteiger partial charge in [-0.1, -0.05) is 80.3 Å². The van der Waals surface area contributed by atoms with Crippen molar-refractivity contribution in [1.82, 2.24) is 0 Å². The van der Waals surface area contributed by atoms with E-state index in [0.29, 0.717) is 5.56 Å². The molecule has 0 radical (unpaired) electrons. The molecule has 0 bridgehead atoms. The second kappa shape index (κ2) is 16.2. The molecular formula is C45H53N2O3S+. The fourth-order valence-corrected chi connectivity index (χ4v) is 8.26. The number of hydrogen-bond donors (Lipinski definition) is 1. The molecule has 1 aliphatic carbocycles. The third kappa shape index (κ3) is 8.52. The zero-order valence-electron chi connectivity index (χ0n) is 31.5. The summed E-state index contributed by atoms with van der Waals surface area (Å²) in [6.07, 6.45) is 12.7. The van der Waals surface area contributed by atoms with Gasteiger partial charge in [-0.05, 0) is 118 Å². The molecule has 0 fully saturated rings. The minimum atomic E-state index is -4.49. The van der Waals surface area contributed by atoms with E-state index in [9.17, 15) is 13.0 Å². The van der Waals surface area contributed by atoms with Crippen molar-refractivity contribution in [3.63, 3.8) is 0 Å². The topological polar surface area (TPSA) is 60.6 Å². The first kappa shape index (κ1) is 37.7. The average molecular weight is 702 g/mol. The first-order chi connectivity index (χ1) is 24.3. The summed E-state index contributed by atoms with van der Waals surface area (Å²) < 4.78 is 38.2. The van der Waals surface area contributed by atoms with Gasteiger partial charge in [-0.25, -0.2) is 0 Å². The van der Waals surface area contributed by atoms with Gasteiger partial charge in [0.1, 0.15) is 11.4 Å². The van der Waals surface area contributed by atoms with E-state index in [1.165, 1.54) is 50.8 Å². The van der Waals surface area contributed by atoms with Gasteiger partial charge in [0.2, 0.25) is 11.4 Å². The van der Waals surface area contributed by atoms with E-state index >= 15 is 0 Å². The van der Waals surface area contributed by atoms with E-state index in [-0.39, 0.29) is 4.90 Å². The SMILES string of the molecule is CCCCN(c1ccc(C(=C2C=CC(=[N+](CCCC)c3c(C)cc(C)cc3C)C=C2)c2ccccc2S(=O)(=O)O)cc1)c1c(C)cc(C)cc1C. The number of nitrogens with zero attached hydrogens (tertiary/aromatic N) is 2. The van der Waals surface area contributed by atoms with Gasteiger partial charge in [0.05, 0.1) is 0 Å². The summed E-state index contributed by atoms with van der Waals surface area (Å²) in [5.41, 5.74) is 15.0. The van der Waals surface area contributed by atoms with Crippen molar-refractivity contribution in [3.05, 3.63) is 147 Å². The molecule has 0 unspecified atom stereocenters. The fourth-order valence-electron chi connectivity index (χ4n) is 7.56. The van der Waals surface area contributed by atoms with E-state index in [1.54, 1.807) is 12.1 Å². The Labute approximate surface area is 306 Å². The Morgan fingerprint density at radius 2 is 1.25 bits per heavy atom. The molecule has 0 spiro atoms. The first-order valence-electron chi connectivity index (χ1n) is 18.2. The molecule has 51 heavy (non-hydrogen) atoms. The fraction of sp³-hybridized carbons (Fsp3) is 0.311. The molecule has 6 heteroatoms. The summed E-state index contributed by atoms with van der Waals surface area (Å²) in [7, 11) is -4.49. The van der Waals surface area contributed by atoms with E-state index in [1.807, 2.05) is 6.07 Å². The number of benzene rings is 4. The molecule has 0 aliphatic heterocycles. The lowest BCUT2D eigenvalue weighted by Crippen LogP contribution is -2.20. The van der Waals surface area contributed by atoms with Gasteiger partial charge < -0.3 is 4.90 Å². The van der Waals surface area contributed by atoms with Gasteiger partial charge in [-0.2, -0.15) is 13.0 Å². The summed E-state index contributed by atoms with van der Waals surface area (Å²) in [5.74, 6) is 0. The van der Waals surface area contributed by atoms with Crippen LogP contribution in [0.15, 0.2) is 108 Å². The summed E-state index contributed by atoms with van der Waals surface area (Å²) in [5, 5.41) is 0. The number of rotatable bonds is 12. The number of unbranched alkanes of at least 4 members (excludes halogenated alkanes) is 2. The van der Waals surface area contributed by atoms with Crippen molar-refractivity contribution >= 4 is 38.5 Å². The maximum Gasteiger partial charge on any atom is 0.295 e. The van der Waals surface area contributed by atoms with Crippen molar-refractivity contribution in [2.75, 3.05) is 18.0 Å². The molecule has 0 atom stereocenters. The highest BCUT2D eigenvalue weighted by Gasteiger charge is 2.24. The zero-order valence-corrected chi connectivity index (χ0v) is 32.4. The predicted octanol–water partition coefficient (Wildman–Crippen LogP) is 11.2. The monoisotopic (exact) mass is 701 g/mol. The van der Waals surface area contributed by atoms with Gasteiger partial charge in [-0.3, -0.25) is 4.55 Å². The summed E-state index contributed by atoms with van der Waals surface area (Å²) >= 11 is 0. The van der Waals surface area contributed by atoms with Crippen LogP contribution in [-0.2, 0) is 10.1 Å². The molecule has 1 N–H and O–H groups in total. The summed E-state index contributed by atoms with van der Waals surface area (Å²) in [4.78, 5) is 2.29. The van der Waals surface area contributed by atoms with Crippen LogP contribution in [0.25, 0.3) is 5.57 Å². The molecular weight excluding hydrogens is 649 g/mol. The van der Waals surface area contributed by atoms with Crippen LogP contribution in [0.3, 0.4) is 0 Å². The number of allylic oxidation sites excluding steroid dienone is 5. The van der Waals surface area contributed by atoms with Crippen LogP contribution in [0.5, 0.6) is 0 Å². The standard InChI is InChI=1S/C45H52N2O3S/c1-9-11-25-46(44-33(5)27-31(3)28-34(44)6)39-21-17-37(18-22-39)43(41-15-13-14-16-42(41)51(48,49)50)38-19-23-40(24-20-38)47(26-12-10-2)45-35(7)29-32(4)30-36(45)8/h13-24,27-30H,9-12,25-26H2,1-8H3/p+1. The Hall–Kier alpha value is -4.52. The second-order valence-corrected chi connectivity index (χ2v) is 15.3. The van der Waals surface area contributed by atoms with E-state index in [4.69, 9.17) is 0 Å². The van der Waals surface area contributed by atoms with Crippen molar-refractivity contribution in [3.8, 4) is 0 Å². The van der Waals surface area contributed by atoms with E-state index < -0.39 is 10.1 Å². The molecule has 266 valence electrons. The van der Waals surface area contributed by atoms with Crippen LogP contribution in [0.2, 0.25) is 0 Å². The van der Waals surface area contributed by atoms with Gasteiger partial charge in [0.15, 0.2) is 0 Å². The minimum absolute atomic E-state index is 0.112. The van der Waals surface area contributed by atoms with Crippen LogP contribution in [0.4, 0.5) is 17.1 Å². The molecule has 1 aliphatic rings. The van der Waals surface area contributed by atoms with Gasteiger partial charge >= 0.3 is 0 Å². The molecule has 5 rings (SSSR count). The highest BCUT2D eigenvalue weighted by molar-refractivity contribution is 7.86. The maximum atomic E-state index is 12.7. The predicted molar refractivity (Wildman–Crippen MR) is 215 cm³/mol. The molecule has 0 heterocycles. The van der Waals surface area contributed by atoms with Crippen LogP contribution in [-0.4, -0.2) is 36.3 Å². The highest BCUT2D eigenvalue weighted by Crippen LogP contribution is 2.37. The van der Waals surface area contributed by atoms with Gasteiger partial charge in [0, 0.05) is 53.2 Å². The van der Waals surface area contributed by atoms with Crippen molar-refractivity contribution in [1.29, 1.82) is 0 Å². The number of aryl methyl sites for hydroxylation is 6. The van der Waals surface area contributed by atoms with Gasteiger partial charge in [0.25, 0.3) is 10.1 Å². The lowest BCUT2D eigenvalue weighted by atomic mass is 9.90. The Morgan fingerprint density at radius 3 is 1.80 bits per heavy atom. The zero-order chi connectivity index (χ0) is 36.9. The molecule has 0 saturated carbocycles. The Morgan fingerprint density at radius 1 is 0.706 bits per heavy atom. The summed E-state index contributed by atoms with van der Waals surface area (Å²) in [6, 6.07) is 24.1. The van der Waals surface area contributed by atoms with Crippen molar-refractivity contribution < 1.29 is 17.5 Å². The third-order valence-electron chi connectivity index (χ3n) is 9.65. The summed E-state index contributed by atoms with van der Waals surface area (Å²) in [6.45, 7) is 19.2. The van der Waals surface area contributed by atoms with Crippen LogP contribution >= 0.6 is 0 Å². The molecule has 4 aromatic rings. The second-order valence-electron chi connectivity index (χ2n) is 13.9. The van der Waals surface area contributed by atoms with Crippen LogP contribution in [0, 0.1) is 41.5 Å². The van der Waals surface area contributed by atoms with Crippen LogP contribution in [0.1, 0.15) is 84.0 Å². The molecule has 0 amide bonds. The lowest BCUT2D eigenvalue weighted by Gasteiger charge is -2.29. The van der Waals surface area contributed by atoms with Crippen molar-refractivity contribution in [2.45, 2.75) is 86.0 Å². The van der Waals surface area contributed by atoms with E-state index in [0.717, 1.165) is 66.9 Å². The maximum absolute atomic E-state index is 12.7. The lowest BCUT2D eigenvalue weighted by molar-refractivity contribution is -0.440. The van der Waals surface area contributed by atoms with Gasteiger partial charge in [-0.15, -0.1) is 0 Å². The third-order valence-corrected chi connectivity index (χ3v) is 10.6. The van der Waals surface area contributed by atoms with E-state index in [2.05, 4.69) is 138 Å². The van der Waals surface area contributed by atoms with Crippen molar-refractivity contribution in [2.24, 2.45) is 0 Å². The van der Waals surface area contributed by atoms with Crippen LogP contribution < -0.4 is 4.90 Å². The molecule has 5 nitrogen and oxygen atoms in total. The Balaban J connectivity index is 1.68. The molecule has 0 aromatic heterocycles. The molecule has 4 aromatic carbocycles. The number of hydrogen-bond acceptors (Lipinski definition) is 3. The smallest absolute Gasteiger partial charge is 0.295 e. The highest BCUT2D eigenvalue weighted by atomic mass is 32.2. The first-order valence-corrected chi connectivity index (χ1v) is 19.6.